The summed E-state index contributed by atoms with van der Waals surface area (Å²) in [5, 5.41) is 9.91. The fraction of sp³-hybridized carbons (Fsp3) is 0. The van der Waals surface area contributed by atoms with Crippen molar-refractivity contribution >= 4 is 34.3 Å². The Kier molecular flexibility index (Phi) is 2.08. The van der Waals surface area contributed by atoms with Gasteiger partial charge in [-0.15, -0.1) is 0 Å². The van der Waals surface area contributed by atoms with Crippen molar-refractivity contribution in [3.8, 4) is 5.75 Å². The van der Waals surface area contributed by atoms with Crippen LogP contribution in [0.3, 0.4) is 0 Å². The van der Waals surface area contributed by atoms with Gasteiger partial charge in [-0.1, -0.05) is 24.3 Å². The summed E-state index contributed by atoms with van der Waals surface area (Å²) in [6.07, 6.45) is 0. The number of phenolic OH excluding ortho intramolecular Hbond substituents is 1. The molecule has 0 aliphatic heterocycles. The molecule has 1 aliphatic rings. The normalized spacial score (nSPS) is 13.4. The molecule has 1 aromatic heterocycles. The summed E-state index contributed by atoms with van der Waals surface area (Å²) in [4.78, 5) is 25.0. The molecule has 0 amide bonds. The molecule has 0 radical (unpaired) electrons. The first kappa shape index (κ1) is 11.2. The van der Waals surface area contributed by atoms with Crippen LogP contribution in [-0.4, -0.2) is 25.4 Å². The van der Waals surface area contributed by atoms with Crippen LogP contribution in [0.15, 0.2) is 30.3 Å². The maximum atomic E-state index is 12.6. The van der Waals surface area contributed by atoms with E-state index in [0.29, 0.717) is 11.1 Å². The lowest BCUT2D eigenvalue weighted by atomic mass is 9.83. The maximum Gasteiger partial charge on any atom is 0.196 e. The highest BCUT2D eigenvalue weighted by Crippen LogP contribution is 2.35. The topological polar surface area (TPSA) is 80.2 Å². The van der Waals surface area contributed by atoms with E-state index in [-0.39, 0.29) is 39.5 Å². The monoisotopic (exact) mass is 282 g/mol. The Balaban J connectivity index is 2.16. The van der Waals surface area contributed by atoms with E-state index in [9.17, 15) is 14.7 Å². The second-order valence-corrected chi connectivity index (χ2v) is 5.01. The number of benzene rings is 2. The van der Waals surface area contributed by atoms with Gasteiger partial charge in [-0.3, -0.25) is 9.59 Å². The second-order valence-electron chi connectivity index (χ2n) is 4.48. The van der Waals surface area contributed by atoms with Crippen LogP contribution >= 0.6 is 11.7 Å². The molecule has 0 unspecified atom stereocenters. The predicted molar refractivity (Wildman–Crippen MR) is 72.4 cm³/mol. The van der Waals surface area contributed by atoms with Crippen molar-refractivity contribution < 1.29 is 14.7 Å². The molecule has 96 valence electrons. The highest BCUT2D eigenvalue weighted by molar-refractivity contribution is 7.00. The fourth-order valence-electron chi connectivity index (χ4n) is 2.49. The average Bonchev–Trinajstić information content (AvgIpc) is 2.94. The Bertz CT molecular complexity index is 914. The molecule has 0 bridgehead atoms. The molecule has 0 saturated heterocycles. The van der Waals surface area contributed by atoms with Gasteiger partial charge in [-0.2, -0.15) is 8.75 Å². The Labute approximate surface area is 116 Å². The quantitative estimate of drug-likeness (QED) is 0.534. The SMILES string of the molecule is O=C1c2ccccc2C(=O)c2c1cc(O)c1nsnc21. The van der Waals surface area contributed by atoms with Gasteiger partial charge in [0.15, 0.2) is 11.6 Å². The van der Waals surface area contributed by atoms with Crippen molar-refractivity contribution in [3.63, 3.8) is 0 Å². The predicted octanol–water partition coefficient (Wildman–Crippen LogP) is 2.17. The van der Waals surface area contributed by atoms with Gasteiger partial charge in [0.1, 0.15) is 16.8 Å². The minimum atomic E-state index is -0.277. The summed E-state index contributed by atoms with van der Waals surface area (Å²) < 4.78 is 8.01. The molecular weight excluding hydrogens is 276 g/mol. The summed E-state index contributed by atoms with van der Waals surface area (Å²) in [6, 6.07) is 7.95. The number of aromatic nitrogens is 2. The number of rotatable bonds is 0. The van der Waals surface area contributed by atoms with Crippen LogP contribution in [0.2, 0.25) is 0 Å². The molecule has 3 aromatic rings. The highest BCUT2D eigenvalue weighted by Gasteiger charge is 2.33. The average molecular weight is 282 g/mol. The first-order valence-corrected chi connectivity index (χ1v) is 6.58. The molecule has 0 atom stereocenters. The van der Waals surface area contributed by atoms with E-state index in [0.717, 1.165) is 11.7 Å². The number of ketones is 2. The molecule has 6 heteroatoms. The summed E-state index contributed by atoms with van der Waals surface area (Å²) in [5.74, 6) is -0.665. The van der Waals surface area contributed by atoms with Crippen LogP contribution in [0.1, 0.15) is 31.8 Å². The van der Waals surface area contributed by atoms with E-state index in [1.54, 1.807) is 24.3 Å². The lowest BCUT2D eigenvalue weighted by Gasteiger charge is -2.17. The van der Waals surface area contributed by atoms with Gasteiger partial charge in [0.2, 0.25) is 0 Å². The summed E-state index contributed by atoms with van der Waals surface area (Å²) >= 11 is 0.901. The van der Waals surface area contributed by atoms with E-state index < -0.39 is 0 Å². The number of nitrogens with zero attached hydrogens (tertiary/aromatic N) is 2. The van der Waals surface area contributed by atoms with Crippen molar-refractivity contribution in [3.05, 3.63) is 52.6 Å². The Morgan fingerprint density at radius 3 is 2.30 bits per heavy atom. The number of carbonyl (C=O) groups excluding carboxylic acids is 2. The van der Waals surface area contributed by atoms with E-state index in [2.05, 4.69) is 8.75 Å². The zero-order valence-electron chi connectivity index (χ0n) is 9.95. The summed E-state index contributed by atoms with van der Waals surface area (Å²) in [5.41, 5.74) is 1.69. The van der Waals surface area contributed by atoms with Gasteiger partial charge in [-0.25, -0.2) is 0 Å². The van der Waals surface area contributed by atoms with Crippen LogP contribution in [-0.2, 0) is 0 Å². The van der Waals surface area contributed by atoms with Gasteiger partial charge < -0.3 is 5.11 Å². The van der Waals surface area contributed by atoms with Crippen LogP contribution in [0.4, 0.5) is 0 Å². The van der Waals surface area contributed by atoms with Gasteiger partial charge in [0.05, 0.1) is 17.3 Å². The molecule has 1 aliphatic carbocycles. The highest BCUT2D eigenvalue weighted by atomic mass is 32.1. The molecule has 0 saturated carbocycles. The second kappa shape index (κ2) is 3.71. The molecule has 20 heavy (non-hydrogen) atoms. The fourth-order valence-corrected chi connectivity index (χ4v) is 3.06. The zero-order valence-corrected chi connectivity index (χ0v) is 10.8. The minimum absolute atomic E-state index is 0.131. The number of fused-ring (bicyclic) bond motifs is 4. The summed E-state index contributed by atoms with van der Waals surface area (Å²) in [7, 11) is 0. The molecule has 5 nitrogen and oxygen atoms in total. The van der Waals surface area contributed by atoms with Crippen molar-refractivity contribution in [1.29, 1.82) is 0 Å². The standard InChI is InChI=1S/C14H6N2O3S/c17-9-5-8-10(12-11(9)15-20-16-12)14(19)7-4-2-1-3-6(7)13(8)18/h1-5,17H. The summed E-state index contributed by atoms with van der Waals surface area (Å²) in [6.45, 7) is 0. The lowest BCUT2D eigenvalue weighted by Crippen LogP contribution is -2.21. The Morgan fingerprint density at radius 2 is 1.55 bits per heavy atom. The largest absolute Gasteiger partial charge is 0.506 e. The van der Waals surface area contributed by atoms with Crippen molar-refractivity contribution in [2.24, 2.45) is 0 Å². The van der Waals surface area contributed by atoms with Gasteiger partial charge in [0, 0.05) is 16.7 Å². The number of carbonyl (C=O) groups is 2. The smallest absolute Gasteiger partial charge is 0.196 e. The van der Waals surface area contributed by atoms with E-state index in [4.69, 9.17) is 0 Å². The number of aromatic hydroxyl groups is 1. The molecule has 0 fully saturated rings. The van der Waals surface area contributed by atoms with Crippen molar-refractivity contribution in [2.75, 3.05) is 0 Å². The maximum absolute atomic E-state index is 12.6. The van der Waals surface area contributed by atoms with E-state index in [1.165, 1.54) is 6.07 Å². The molecule has 2 aromatic carbocycles. The Hall–Kier alpha value is -2.60. The van der Waals surface area contributed by atoms with Gasteiger partial charge in [0.25, 0.3) is 0 Å². The van der Waals surface area contributed by atoms with Crippen molar-refractivity contribution in [1.82, 2.24) is 8.75 Å². The van der Waals surface area contributed by atoms with Crippen molar-refractivity contribution in [2.45, 2.75) is 0 Å². The zero-order chi connectivity index (χ0) is 13.9. The number of hydrogen-bond acceptors (Lipinski definition) is 6. The third kappa shape index (κ3) is 1.26. The van der Waals surface area contributed by atoms with Gasteiger partial charge >= 0.3 is 0 Å². The molecular formula is C14H6N2O3S. The first-order valence-electron chi connectivity index (χ1n) is 5.85. The Morgan fingerprint density at radius 1 is 0.900 bits per heavy atom. The third-order valence-corrected chi connectivity index (χ3v) is 3.93. The van der Waals surface area contributed by atoms with Crippen LogP contribution < -0.4 is 0 Å². The number of phenols is 1. The lowest BCUT2D eigenvalue weighted by molar-refractivity contribution is 0.0980. The molecule has 0 spiro atoms. The van der Waals surface area contributed by atoms with Crippen LogP contribution in [0, 0.1) is 0 Å². The first-order chi connectivity index (χ1) is 9.68. The van der Waals surface area contributed by atoms with Crippen LogP contribution in [0.5, 0.6) is 5.75 Å². The van der Waals surface area contributed by atoms with E-state index in [1.807, 2.05) is 0 Å². The van der Waals surface area contributed by atoms with Crippen LogP contribution in [0.25, 0.3) is 11.0 Å². The molecule has 4 rings (SSSR count). The number of hydrogen-bond donors (Lipinski definition) is 1. The molecule has 1 heterocycles. The minimum Gasteiger partial charge on any atom is -0.506 e. The third-order valence-electron chi connectivity index (χ3n) is 3.41. The molecule has 1 N–H and O–H groups in total. The van der Waals surface area contributed by atoms with Gasteiger partial charge in [-0.05, 0) is 6.07 Å². The van der Waals surface area contributed by atoms with E-state index >= 15 is 0 Å².